The summed E-state index contributed by atoms with van der Waals surface area (Å²) in [6.07, 6.45) is 2.23. The molecule has 0 aliphatic carbocycles. The number of hydrogen-bond donors (Lipinski definition) is 1. The molecule has 0 radical (unpaired) electrons. The number of nitrogens with one attached hydrogen (secondary N) is 1. The molecule has 2 aromatic carbocycles. The normalized spacial score (nSPS) is 10.9. The van der Waals surface area contributed by atoms with E-state index in [0.29, 0.717) is 13.0 Å². The molecule has 118 valence electrons. The van der Waals surface area contributed by atoms with E-state index >= 15 is 0 Å². The molecule has 0 spiro atoms. The molecular weight excluding hydrogens is 286 g/mol. The largest absolute Gasteiger partial charge is 0.330 e. The van der Waals surface area contributed by atoms with Crippen molar-refractivity contribution in [3.05, 3.63) is 59.4 Å². The van der Waals surface area contributed by atoms with Crippen LogP contribution in [0.1, 0.15) is 23.1 Å². The number of nitrogens with zero attached hydrogens (tertiary/aromatic N) is 2. The van der Waals surface area contributed by atoms with E-state index in [4.69, 9.17) is 0 Å². The molecule has 4 heteroatoms. The van der Waals surface area contributed by atoms with Crippen molar-refractivity contribution in [2.24, 2.45) is 0 Å². The third-order valence-electron chi connectivity index (χ3n) is 4.15. The summed E-state index contributed by atoms with van der Waals surface area (Å²) in [5.74, 6) is 0.0135. The summed E-state index contributed by atoms with van der Waals surface area (Å²) in [6, 6.07) is 12.1. The molecule has 0 saturated carbocycles. The van der Waals surface area contributed by atoms with Crippen LogP contribution in [-0.4, -0.2) is 15.5 Å². The van der Waals surface area contributed by atoms with Gasteiger partial charge in [-0.05, 0) is 56.2 Å². The lowest BCUT2D eigenvalue weighted by molar-refractivity contribution is -0.116. The number of imidazole rings is 1. The van der Waals surface area contributed by atoms with Crippen molar-refractivity contribution in [2.75, 3.05) is 5.32 Å². The summed E-state index contributed by atoms with van der Waals surface area (Å²) in [5, 5.41) is 2.93. The highest BCUT2D eigenvalue weighted by Crippen LogP contribution is 2.18. The van der Waals surface area contributed by atoms with Gasteiger partial charge in [-0.2, -0.15) is 0 Å². The Bertz CT molecular complexity index is 847. The first-order chi connectivity index (χ1) is 11.0. The Morgan fingerprint density at radius 2 is 1.78 bits per heavy atom. The molecule has 1 heterocycles. The molecule has 0 atom stereocenters. The summed E-state index contributed by atoms with van der Waals surface area (Å²) < 4.78 is 2.04. The first kappa shape index (κ1) is 15.3. The Kier molecular flexibility index (Phi) is 4.15. The number of benzene rings is 2. The fourth-order valence-electron chi connectivity index (χ4n) is 2.57. The fourth-order valence-corrected chi connectivity index (χ4v) is 2.57. The zero-order valence-corrected chi connectivity index (χ0v) is 13.8. The van der Waals surface area contributed by atoms with Crippen molar-refractivity contribution in [1.82, 2.24) is 9.55 Å². The van der Waals surface area contributed by atoms with Crippen molar-refractivity contribution >= 4 is 22.6 Å². The number of anilines is 1. The molecule has 4 nitrogen and oxygen atoms in total. The van der Waals surface area contributed by atoms with Crippen molar-refractivity contribution in [3.63, 3.8) is 0 Å². The van der Waals surface area contributed by atoms with Crippen LogP contribution in [0.2, 0.25) is 0 Å². The van der Waals surface area contributed by atoms with Gasteiger partial charge < -0.3 is 9.88 Å². The quantitative estimate of drug-likeness (QED) is 0.792. The van der Waals surface area contributed by atoms with Crippen molar-refractivity contribution in [1.29, 1.82) is 0 Å². The van der Waals surface area contributed by atoms with Crippen LogP contribution in [0.25, 0.3) is 11.0 Å². The Morgan fingerprint density at radius 1 is 1.09 bits per heavy atom. The van der Waals surface area contributed by atoms with Crippen molar-refractivity contribution < 1.29 is 4.79 Å². The second-order valence-corrected chi connectivity index (χ2v) is 6.03. The molecule has 0 aliphatic heterocycles. The van der Waals surface area contributed by atoms with Crippen LogP contribution in [0.3, 0.4) is 0 Å². The van der Waals surface area contributed by atoms with Gasteiger partial charge in [0.25, 0.3) is 0 Å². The van der Waals surface area contributed by atoms with Gasteiger partial charge in [-0.25, -0.2) is 4.98 Å². The van der Waals surface area contributed by atoms with Crippen LogP contribution < -0.4 is 5.32 Å². The van der Waals surface area contributed by atoms with Gasteiger partial charge in [-0.15, -0.1) is 0 Å². The Labute approximate surface area is 136 Å². The molecule has 1 amide bonds. The van der Waals surface area contributed by atoms with E-state index in [1.165, 1.54) is 16.7 Å². The Morgan fingerprint density at radius 3 is 2.52 bits per heavy atom. The van der Waals surface area contributed by atoms with Gasteiger partial charge >= 0.3 is 0 Å². The molecule has 0 saturated heterocycles. The number of amides is 1. The third kappa shape index (κ3) is 3.42. The first-order valence-electron chi connectivity index (χ1n) is 7.81. The van der Waals surface area contributed by atoms with Gasteiger partial charge in [0.15, 0.2) is 0 Å². The summed E-state index contributed by atoms with van der Waals surface area (Å²) in [7, 11) is 0. The number of rotatable bonds is 4. The average Bonchev–Trinajstić information content (AvgIpc) is 2.90. The van der Waals surface area contributed by atoms with Crippen LogP contribution in [0.5, 0.6) is 0 Å². The summed E-state index contributed by atoms with van der Waals surface area (Å²) in [4.78, 5) is 16.5. The second kappa shape index (κ2) is 6.24. The zero-order valence-electron chi connectivity index (χ0n) is 13.8. The number of carbonyl (C=O) groups excluding carboxylic acids is 1. The van der Waals surface area contributed by atoms with E-state index < -0.39 is 0 Å². The molecule has 3 rings (SSSR count). The molecule has 1 N–H and O–H groups in total. The predicted molar refractivity (Wildman–Crippen MR) is 93.6 cm³/mol. The molecule has 0 bridgehead atoms. The minimum atomic E-state index is 0.0135. The highest BCUT2D eigenvalue weighted by atomic mass is 16.1. The van der Waals surface area contributed by atoms with Crippen LogP contribution in [0.4, 0.5) is 5.69 Å². The fraction of sp³-hybridized carbons (Fsp3) is 0.263. The van der Waals surface area contributed by atoms with Gasteiger partial charge in [0.05, 0.1) is 17.4 Å². The number of aryl methyl sites for hydroxylation is 4. The van der Waals surface area contributed by atoms with Gasteiger partial charge in [0.1, 0.15) is 0 Å². The average molecular weight is 307 g/mol. The number of aromatic nitrogens is 2. The molecule has 0 fully saturated rings. The minimum absolute atomic E-state index is 0.0135. The van der Waals surface area contributed by atoms with Gasteiger partial charge in [-0.3, -0.25) is 4.79 Å². The van der Waals surface area contributed by atoms with Gasteiger partial charge in [0, 0.05) is 18.7 Å². The van der Waals surface area contributed by atoms with E-state index in [1.54, 1.807) is 0 Å². The summed E-state index contributed by atoms with van der Waals surface area (Å²) in [5.41, 5.74) is 6.55. The summed E-state index contributed by atoms with van der Waals surface area (Å²) in [6.45, 7) is 6.83. The smallest absolute Gasteiger partial charge is 0.226 e. The van der Waals surface area contributed by atoms with E-state index in [0.717, 1.165) is 16.7 Å². The van der Waals surface area contributed by atoms with Crippen LogP contribution in [-0.2, 0) is 11.3 Å². The van der Waals surface area contributed by atoms with E-state index in [-0.39, 0.29) is 5.91 Å². The number of carbonyl (C=O) groups is 1. The number of fused-ring (bicyclic) bond motifs is 1. The SMILES string of the molecule is Cc1ccc(NC(=O)CCn2cnc3cc(C)c(C)cc32)cc1. The third-order valence-corrected chi connectivity index (χ3v) is 4.15. The molecule has 3 aromatic rings. The second-order valence-electron chi connectivity index (χ2n) is 6.03. The molecule has 0 unspecified atom stereocenters. The van der Waals surface area contributed by atoms with E-state index in [2.05, 4.69) is 36.3 Å². The summed E-state index contributed by atoms with van der Waals surface area (Å²) >= 11 is 0. The Hall–Kier alpha value is -2.62. The zero-order chi connectivity index (χ0) is 16.4. The highest BCUT2D eigenvalue weighted by Gasteiger charge is 2.07. The van der Waals surface area contributed by atoms with Crippen LogP contribution >= 0.6 is 0 Å². The van der Waals surface area contributed by atoms with Crippen molar-refractivity contribution in [2.45, 2.75) is 33.7 Å². The standard InChI is InChI=1S/C19H21N3O/c1-13-4-6-16(7-5-13)21-19(23)8-9-22-12-20-17-10-14(2)15(3)11-18(17)22/h4-7,10-12H,8-9H2,1-3H3,(H,21,23). The Balaban J connectivity index is 1.67. The van der Waals surface area contributed by atoms with Gasteiger partial charge in [-0.1, -0.05) is 17.7 Å². The lowest BCUT2D eigenvalue weighted by Crippen LogP contribution is -2.14. The topological polar surface area (TPSA) is 46.9 Å². The van der Waals surface area contributed by atoms with Crippen LogP contribution in [0.15, 0.2) is 42.7 Å². The maximum absolute atomic E-state index is 12.1. The monoisotopic (exact) mass is 307 g/mol. The number of hydrogen-bond acceptors (Lipinski definition) is 2. The lowest BCUT2D eigenvalue weighted by Gasteiger charge is -2.08. The predicted octanol–water partition coefficient (Wildman–Crippen LogP) is 3.99. The molecule has 1 aromatic heterocycles. The van der Waals surface area contributed by atoms with Crippen LogP contribution in [0, 0.1) is 20.8 Å². The maximum Gasteiger partial charge on any atom is 0.226 e. The van der Waals surface area contributed by atoms with E-state index in [9.17, 15) is 4.79 Å². The first-order valence-corrected chi connectivity index (χ1v) is 7.81. The maximum atomic E-state index is 12.1. The minimum Gasteiger partial charge on any atom is -0.330 e. The van der Waals surface area contributed by atoms with E-state index in [1.807, 2.05) is 42.1 Å². The molecule has 23 heavy (non-hydrogen) atoms. The van der Waals surface area contributed by atoms with Crippen molar-refractivity contribution in [3.8, 4) is 0 Å². The highest BCUT2D eigenvalue weighted by molar-refractivity contribution is 5.90. The van der Waals surface area contributed by atoms with Gasteiger partial charge in [0.2, 0.25) is 5.91 Å². The molecular formula is C19H21N3O. The molecule has 0 aliphatic rings. The lowest BCUT2D eigenvalue weighted by atomic mass is 10.1.